The highest BCUT2D eigenvalue weighted by Gasteiger charge is 2.31. The second-order valence-corrected chi connectivity index (χ2v) is 9.56. The van der Waals surface area contributed by atoms with Gasteiger partial charge in [0, 0.05) is 31.7 Å². The van der Waals surface area contributed by atoms with Gasteiger partial charge in [-0.2, -0.15) is 4.31 Å². The van der Waals surface area contributed by atoms with Crippen LogP contribution >= 0.6 is 0 Å². The molecular formula is C23H22N2O3S. The zero-order valence-corrected chi connectivity index (χ0v) is 16.9. The summed E-state index contributed by atoms with van der Waals surface area (Å²) < 4.78 is 27.1. The first-order valence-electron chi connectivity index (χ1n) is 9.94. The van der Waals surface area contributed by atoms with E-state index >= 15 is 0 Å². The van der Waals surface area contributed by atoms with Crippen LogP contribution in [0.4, 0.5) is 0 Å². The average molecular weight is 407 g/mol. The molecule has 1 fully saturated rings. The molecule has 1 aliphatic heterocycles. The quantitative estimate of drug-likeness (QED) is 0.672. The molecule has 5 nitrogen and oxygen atoms in total. The van der Waals surface area contributed by atoms with Gasteiger partial charge in [-0.05, 0) is 52.9 Å². The van der Waals surface area contributed by atoms with Gasteiger partial charge in [0.1, 0.15) is 0 Å². The lowest BCUT2D eigenvalue weighted by Crippen LogP contribution is -2.50. The number of hydrogen-bond donors (Lipinski definition) is 0. The summed E-state index contributed by atoms with van der Waals surface area (Å²) in [6, 6.07) is 18.7. The normalized spacial score (nSPS) is 17.0. The molecule has 29 heavy (non-hydrogen) atoms. The molecule has 0 spiro atoms. The molecule has 2 aliphatic rings. The van der Waals surface area contributed by atoms with Crippen molar-refractivity contribution in [1.82, 2.24) is 9.21 Å². The molecular weight excluding hydrogens is 384 g/mol. The van der Waals surface area contributed by atoms with Crippen LogP contribution in [0.1, 0.15) is 21.5 Å². The summed E-state index contributed by atoms with van der Waals surface area (Å²) in [5.74, 6) is -0.0163. The number of carbonyl (C=O) groups is 1. The molecule has 0 atom stereocenters. The predicted octanol–water partition coefficient (Wildman–Crippen LogP) is 3.09. The van der Waals surface area contributed by atoms with Crippen molar-refractivity contribution >= 4 is 26.7 Å². The van der Waals surface area contributed by atoms with E-state index in [2.05, 4.69) is 12.1 Å². The Morgan fingerprint density at radius 2 is 1.45 bits per heavy atom. The van der Waals surface area contributed by atoms with Crippen molar-refractivity contribution in [2.45, 2.75) is 17.7 Å². The third-order valence-corrected chi connectivity index (χ3v) is 7.93. The zero-order chi connectivity index (χ0) is 20.0. The van der Waals surface area contributed by atoms with Crippen LogP contribution in [0, 0.1) is 0 Å². The fourth-order valence-corrected chi connectivity index (χ4v) is 5.92. The summed E-state index contributed by atoms with van der Waals surface area (Å²) in [4.78, 5) is 15.3. The summed E-state index contributed by atoms with van der Waals surface area (Å²) in [6.07, 6.45) is 2.06. The first-order chi connectivity index (χ1) is 14.1. The number of sulfonamides is 1. The van der Waals surface area contributed by atoms with Gasteiger partial charge in [0.05, 0.1) is 4.90 Å². The Hall–Kier alpha value is -2.70. The van der Waals surface area contributed by atoms with Crippen molar-refractivity contribution in [2.24, 2.45) is 0 Å². The SMILES string of the molecule is O=C(c1ccc2c3c(cccc13)CC2)N1CCN(S(=O)(=O)c2ccccc2)CC1. The number of nitrogens with zero attached hydrogens (tertiary/aromatic N) is 2. The average Bonchev–Trinajstić information content (AvgIpc) is 3.19. The molecule has 5 rings (SSSR count). The Balaban J connectivity index is 1.37. The number of benzene rings is 3. The van der Waals surface area contributed by atoms with E-state index in [0.717, 1.165) is 18.2 Å². The van der Waals surface area contributed by atoms with Gasteiger partial charge in [-0.25, -0.2) is 8.42 Å². The van der Waals surface area contributed by atoms with E-state index in [-0.39, 0.29) is 5.91 Å². The summed E-state index contributed by atoms with van der Waals surface area (Å²) in [7, 11) is -3.52. The van der Waals surface area contributed by atoms with Crippen molar-refractivity contribution in [3.05, 3.63) is 77.4 Å². The van der Waals surface area contributed by atoms with Crippen molar-refractivity contribution in [3.8, 4) is 0 Å². The molecule has 0 unspecified atom stereocenters. The first-order valence-corrected chi connectivity index (χ1v) is 11.4. The zero-order valence-electron chi connectivity index (χ0n) is 16.0. The number of piperazine rings is 1. The van der Waals surface area contributed by atoms with Gasteiger partial charge in [0.15, 0.2) is 0 Å². The second-order valence-electron chi connectivity index (χ2n) is 7.62. The van der Waals surface area contributed by atoms with Crippen LogP contribution in [0.25, 0.3) is 10.8 Å². The van der Waals surface area contributed by atoms with Crippen LogP contribution in [-0.4, -0.2) is 49.7 Å². The maximum absolute atomic E-state index is 13.2. The monoisotopic (exact) mass is 406 g/mol. The number of carbonyl (C=O) groups excluding carboxylic acids is 1. The molecule has 6 heteroatoms. The summed E-state index contributed by atoms with van der Waals surface area (Å²) in [5, 5.41) is 2.24. The minimum absolute atomic E-state index is 0.0163. The van der Waals surface area contributed by atoms with Crippen molar-refractivity contribution < 1.29 is 13.2 Å². The Bertz CT molecular complexity index is 1190. The molecule has 0 bridgehead atoms. The minimum Gasteiger partial charge on any atom is -0.336 e. The van der Waals surface area contributed by atoms with E-state index in [9.17, 15) is 13.2 Å². The summed E-state index contributed by atoms with van der Waals surface area (Å²) in [5.41, 5.74) is 3.34. The van der Waals surface area contributed by atoms with Gasteiger partial charge in [0.25, 0.3) is 5.91 Å². The first kappa shape index (κ1) is 18.3. The molecule has 3 aromatic carbocycles. The Kier molecular flexibility index (Phi) is 4.41. The molecule has 0 saturated carbocycles. The van der Waals surface area contributed by atoms with Crippen LogP contribution in [0.3, 0.4) is 0 Å². The van der Waals surface area contributed by atoms with Gasteiger partial charge < -0.3 is 4.90 Å². The molecule has 0 N–H and O–H groups in total. The highest BCUT2D eigenvalue weighted by molar-refractivity contribution is 7.89. The van der Waals surface area contributed by atoms with Crippen LogP contribution in [0.2, 0.25) is 0 Å². The van der Waals surface area contributed by atoms with Crippen molar-refractivity contribution in [3.63, 3.8) is 0 Å². The second kappa shape index (κ2) is 6.97. The highest BCUT2D eigenvalue weighted by atomic mass is 32.2. The lowest BCUT2D eigenvalue weighted by atomic mass is 9.99. The van der Waals surface area contributed by atoms with Gasteiger partial charge in [-0.15, -0.1) is 0 Å². The fraction of sp³-hybridized carbons (Fsp3) is 0.261. The van der Waals surface area contributed by atoms with Crippen LogP contribution in [0.15, 0.2) is 65.6 Å². The fourth-order valence-electron chi connectivity index (χ4n) is 4.48. The number of hydrogen-bond acceptors (Lipinski definition) is 3. The van der Waals surface area contributed by atoms with E-state index in [1.54, 1.807) is 35.2 Å². The van der Waals surface area contributed by atoms with Crippen LogP contribution in [0.5, 0.6) is 0 Å². The van der Waals surface area contributed by atoms with Crippen LogP contribution < -0.4 is 0 Å². The third kappa shape index (κ3) is 3.03. The third-order valence-electron chi connectivity index (χ3n) is 6.01. The van der Waals surface area contributed by atoms with E-state index < -0.39 is 10.0 Å². The Morgan fingerprint density at radius 1 is 0.759 bits per heavy atom. The van der Waals surface area contributed by atoms with Crippen LogP contribution in [-0.2, 0) is 22.9 Å². The van der Waals surface area contributed by atoms with Gasteiger partial charge >= 0.3 is 0 Å². The van der Waals surface area contributed by atoms with E-state index in [0.29, 0.717) is 36.6 Å². The van der Waals surface area contributed by atoms with E-state index in [4.69, 9.17) is 0 Å². The van der Waals surface area contributed by atoms with Gasteiger partial charge in [0.2, 0.25) is 10.0 Å². The lowest BCUT2D eigenvalue weighted by molar-refractivity contribution is 0.0700. The minimum atomic E-state index is -3.52. The topological polar surface area (TPSA) is 57.7 Å². The van der Waals surface area contributed by atoms with Gasteiger partial charge in [-0.3, -0.25) is 4.79 Å². The lowest BCUT2D eigenvalue weighted by Gasteiger charge is -2.34. The Morgan fingerprint density at radius 3 is 2.17 bits per heavy atom. The standard InChI is InChI=1S/C23H22N2O3S/c26-23(21-12-11-18-10-9-17-5-4-8-20(21)22(17)18)24-13-15-25(16-14-24)29(27,28)19-6-2-1-3-7-19/h1-8,11-12H,9-10,13-16H2. The van der Waals surface area contributed by atoms with E-state index in [1.807, 2.05) is 18.2 Å². The van der Waals surface area contributed by atoms with Crippen molar-refractivity contribution in [1.29, 1.82) is 0 Å². The maximum Gasteiger partial charge on any atom is 0.254 e. The van der Waals surface area contributed by atoms with Crippen molar-refractivity contribution in [2.75, 3.05) is 26.2 Å². The smallest absolute Gasteiger partial charge is 0.254 e. The number of aryl methyl sites for hydroxylation is 2. The molecule has 3 aromatic rings. The maximum atomic E-state index is 13.2. The van der Waals surface area contributed by atoms with E-state index in [1.165, 1.54) is 20.8 Å². The molecule has 1 amide bonds. The molecule has 1 saturated heterocycles. The number of amides is 1. The largest absolute Gasteiger partial charge is 0.336 e. The molecule has 1 aliphatic carbocycles. The predicted molar refractivity (Wildman–Crippen MR) is 112 cm³/mol. The number of rotatable bonds is 3. The summed E-state index contributed by atoms with van der Waals surface area (Å²) in [6.45, 7) is 1.41. The molecule has 0 radical (unpaired) electrons. The molecule has 148 valence electrons. The highest BCUT2D eigenvalue weighted by Crippen LogP contribution is 2.33. The van der Waals surface area contributed by atoms with Gasteiger partial charge in [-0.1, -0.05) is 42.5 Å². The Labute approximate surface area is 170 Å². The molecule has 0 aromatic heterocycles. The molecule has 1 heterocycles. The summed E-state index contributed by atoms with van der Waals surface area (Å²) >= 11 is 0.